The number of carbonyl (C=O) groups excluding carboxylic acids is 1. The van der Waals surface area contributed by atoms with Crippen molar-refractivity contribution in [2.24, 2.45) is 0 Å². The first kappa shape index (κ1) is 15.5. The number of hydrogen-bond donors (Lipinski definition) is 2. The molecule has 1 aromatic carbocycles. The molecule has 2 N–H and O–H groups in total. The fraction of sp³-hybridized carbons (Fsp3) is 0.294. The maximum atomic E-state index is 12.1. The number of hydrogen-bond acceptors (Lipinski definition) is 5. The molecule has 2 heterocycles. The highest BCUT2D eigenvalue weighted by atomic mass is 16.5. The van der Waals surface area contributed by atoms with Crippen molar-refractivity contribution in [3.8, 4) is 11.5 Å². The molecule has 1 atom stereocenters. The monoisotopic (exact) mass is 313 g/mol. The molecule has 0 spiro atoms. The van der Waals surface area contributed by atoms with Gasteiger partial charge in [0.25, 0.3) is 5.91 Å². The second-order valence-corrected chi connectivity index (χ2v) is 5.32. The van der Waals surface area contributed by atoms with E-state index in [-0.39, 0.29) is 5.91 Å². The highest BCUT2D eigenvalue weighted by Crippen LogP contribution is 2.26. The number of amides is 1. The highest BCUT2D eigenvalue weighted by Gasteiger charge is 2.21. The number of anilines is 1. The standard InChI is InChI=1S/C17H19N3O3/c1-12-9-13(20-17(21)16-11-19-7-8-22-16)4-5-15(12)23-14-3-2-6-18-10-14/h2-6,9-10,16,19H,7-8,11H2,1H3,(H,20,21). The summed E-state index contributed by atoms with van der Waals surface area (Å²) in [5.41, 5.74) is 1.65. The van der Waals surface area contributed by atoms with Gasteiger partial charge in [0, 0.05) is 25.0 Å². The van der Waals surface area contributed by atoms with Crippen LogP contribution in [0.4, 0.5) is 5.69 Å². The predicted molar refractivity (Wildman–Crippen MR) is 86.7 cm³/mol. The highest BCUT2D eigenvalue weighted by molar-refractivity contribution is 5.94. The minimum Gasteiger partial charge on any atom is -0.455 e. The normalized spacial score (nSPS) is 17.5. The molecule has 1 aromatic heterocycles. The van der Waals surface area contributed by atoms with Crippen molar-refractivity contribution < 1.29 is 14.3 Å². The Kier molecular flexibility index (Phi) is 4.85. The molecule has 1 aliphatic rings. The third kappa shape index (κ3) is 4.06. The lowest BCUT2D eigenvalue weighted by atomic mass is 10.2. The van der Waals surface area contributed by atoms with Crippen LogP contribution < -0.4 is 15.4 Å². The van der Waals surface area contributed by atoms with E-state index in [1.807, 2.05) is 37.3 Å². The minimum atomic E-state index is -0.449. The Bertz CT molecular complexity index is 670. The molecule has 0 aliphatic carbocycles. The first-order chi connectivity index (χ1) is 11.2. The van der Waals surface area contributed by atoms with Crippen LogP contribution in [0.5, 0.6) is 11.5 Å². The number of pyridine rings is 1. The largest absolute Gasteiger partial charge is 0.455 e. The van der Waals surface area contributed by atoms with Gasteiger partial charge in [-0.3, -0.25) is 9.78 Å². The summed E-state index contributed by atoms with van der Waals surface area (Å²) >= 11 is 0. The van der Waals surface area contributed by atoms with Gasteiger partial charge in [-0.25, -0.2) is 0 Å². The maximum Gasteiger partial charge on any atom is 0.254 e. The molecule has 1 amide bonds. The van der Waals surface area contributed by atoms with Crippen molar-refractivity contribution in [2.75, 3.05) is 25.0 Å². The van der Waals surface area contributed by atoms with Gasteiger partial charge in [0.05, 0.1) is 12.8 Å². The summed E-state index contributed by atoms with van der Waals surface area (Å²) in [4.78, 5) is 16.2. The number of carbonyl (C=O) groups is 1. The molecule has 1 fully saturated rings. The van der Waals surface area contributed by atoms with Crippen LogP contribution >= 0.6 is 0 Å². The van der Waals surface area contributed by atoms with Crippen LogP contribution in [-0.2, 0) is 9.53 Å². The van der Waals surface area contributed by atoms with Gasteiger partial charge in [-0.15, -0.1) is 0 Å². The molecule has 0 radical (unpaired) electrons. The maximum absolute atomic E-state index is 12.1. The second kappa shape index (κ2) is 7.21. The summed E-state index contributed by atoms with van der Waals surface area (Å²) in [6.45, 7) is 3.80. The Morgan fingerprint density at radius 3 is 3.04 bits per heavy atom. The van der Waals surface area contributed by atoms with Crippen LogP contribution in [0, 0.1) is 6.92 Å². The third-order valence-electron chi connectivity index (χ3n) is 3.52. The van der Waals surface area contributed by atoms with Crippen LogP contribution in [0.1, 0.15) is 5.56 Å². The minimum absolute atomic E-state index is 0.141. The van der Waals surface area contributed by atoms with Gasteiger partial charge in [0.1, 0.15) is 17.6 Å². The molecule has 1 unspecified atom stereocenters. The second-order valence-electron chi connectivity index (χ2n) is 5.32. The molecule has 2 aromatic rings. The lowest BCUT2D eigenvalue weighted by molar-refractivity contribution is -0.128. The fourth-order valence-electron chi connectivity index (χ4n) is 2.33. The average molecular weight is 313 g/mol. The van der Waals surface area contributed by atoms with E-state index in [9.17, 15) is 4.79 Å². The van der Waals surface area contributed by atoms with Crippen LogP contribution in [-0.4, -0.2) is 36.7 Å². The third-order valence-corrected chi connectivity index (χ3v) is 3.52. The van der Waals surface area contributed by atoms with E-state index >= 15 is 0 Å². The van der Waals surface area contributed by atoms with Crippen molar-refractivity contribution in [1.29, 1.82) is 0 Å². The molecule has 6 heteroatoms. The molecule has 120 valence electrons. The number of nitrogens with one attached hydrogen (secondary N) is 2. The van der Waals surface area contributed by atoms with E-state index in [1.165, 1.54) is 0 Å². The number of nitrogens with zero attached hydrogens (tertiary/aromatic N) is 1. The Labute approximate surface area is 134 Å². The summed E-state index contributed by atoms with van der Waals surface area (Å²) < 4.78 is 11.2. The molecule has 1 aliphatic heterocycles. The molecule has 0 bridgehead atoms. The Morgan fingerprint density at radius 2 is 2.35 bits per heavy atom. The first-order valence-corrected chi connectivity index (χ1v) is 7.54. The van der Waals surface area contributed by atoms with E-state index in [0.717, 1.165) is 23.5 Å². The number of morpholine rings is 1. The van der Waals surface area contributed by atoms with Crippen molar-refractivity contribution in [1.82, 2.24) is 10.3 Å². The van der Waals surface area contributed by atoms with Gasteiger partial charge in [0.2, 0.25) is 0 Å². The van der Waals surface area contributed by atoms with Gasteiger partial charge in [-0.1, -0.05) is 0 Å². The molecular formula is C17H19N3O3. The van der Waals surface area contributed by atoms with E-state index < -0.39 is 6.10 Å². The van der Waals surface area contributed by atoms with Crippen molar-refractivity contribution >= 4 is 11.6 Å². The van der Waals surface area contributed by atoms with E-state index in [1.54, 1.807) is 12.4 Å². The van der Waals surface area contributed by atoms with E-state index in [0.29, 0.717) is 18.9 Å². The van der Waals surface area contributed by atoms with Gasteiger partial charge in [0.15, 0.2) is 0 Å². The number of rotatable bonds is 4. The summed E-state index contributed by atoms with van der Waals surface area (Å²) in [5.74, 6) is 1.26. The van der Waals surface area contributed by atoms with Crippen LogP contribution in [0.15, 0.2) is 42.7 Å². The van der Waals surface area contributed by atoms with Gasteiger partial charge < -0.3 is 20.1 Å². The summed E-state index contributed by atoms with van der Waals surface area (Å²) in [7, 11) is 0. The smallest absolute Gasteiger partial charge is 0.254 e. The predicted octanol–water partition coefficient (Wildman–Crippen LogP) is 2.11. The number of ether oxygens (including phenoxy) is 2. The molecule has 3 rings (SSSR count). The zero-order chi connectivity index (χ0) is 16.1. The summed E-state index contributed by atoms with van der Waals surface area (Å²) in [6, 6.07) is 9.18. The van der Waals surface area contributed by atoms with E-state index in [4.69, 9.17) is 9.47 Å². The number of aryl methyl sites for hydroxylation is 1. The Morgan fingerprint density at radius 1 is 1.43 bits per heavy atom. The first-order valence-electron chi connectivity index (χ1n) is 7.54. The quantitative estimate of drug-likeness (QED) is 0.904. The van der Waals surface area contributed by atoms with Crippen molar-refractivity contribution in [2.45, 2.75) is 13.0 Å². The summed E-state index contributed by atoms with van der Waals surface area (Å²) in [6.07, 6.45) is 2.90. The molecule has 23 heavy (non-hydrogen) atoms. The van der Waals surface area contributed by atoms with Crippen molar-refractivity contribution in [3.05, 3.63) is 48.3 Å². The lowest BCUT2D eigenvalue weighted by Gasteiger charge is -2.22. The van der Waals surface area contributed by atoms with Gasteiger partial charge >= 0.3 is 0 Å². The summed E-state index contributed by atoms with van der Waals surface area (Å²) in [5, 5.41) is 6.01. The van der Waals surface area contributed by atoms with Crippen LogP contribution in [0.25, 0.3) is 0 Å². The molecular weight excluding hydrogens is 294 g/mol. The topological polar surface area (TPSA) is 72.5 Å². The zero-order valence-electron chi connectivity index (χ0n) is 12.9. The molecule has 1 saturated heterocycles. The lowest BCUT2D eigenvalue weighted by Crippen LogP contribution is -2.45. The fourth-order valence-corrected chi connectivity index (χ4v) is 2.33. The zero-order valence-corrected chi connectivity index (χ0v) is 12.9. The van der Waals surface area contributed by atoms with Gasteiger partial charge in [-0.2, -0.15) is 0 Å². The average Bonchev–Trinajstić information content (AvgIpc) is 2.59. The SMILES string of the molecule is Cc1cc(NC(=O)C2CNCCO2)ccc1Oc1cccnc1. The van der Waals surface area contributed by atoms with Crippen molar-refractivity contribution in [3.63, 3.8) is 0 Å². The van der Waals surface area contributed by atoms with Crippen LogP contribution in [0.3, 0.4) is 0 Å². The Balaban J connectivity index is 1.65. The van der Waals surface area contributed by atoms with Gasteiger partial charge in [-0.05, 0) is 42.8 Å². The molecule has 0 saturated carbocycles. The molecule has 6 nitrogen and oxygen atoms in total. The number of aromatic nitrogens is 1. The number of benzene rings is 1. The van der Waals surface area contributed by atoms with E-state index in [2.05, 4.69) is 15.6 Å². The van der Waals surface area contributed by atoms with Crippen LogP contribution in [0.2, 0.25) is 0 Å². The Hall–Kier alpha value is -2.44.